The molecule has 0 heterocycles. The van der Waals surface area contributed by atoms with E-state index < -0.39 is 0 Å². The first-order valence-electron chi connectivity index (χ1n) is 7.23. The van der Waals surface area contributed by atoms with E-state index in [1.165, 1.54) is 19.3 Å². The van der Waals surface area contributed by atoms with E-state index in [2.05, 4.69) is 39.9 Å². The lowest BCUT2D eigenvalue weighted by molar-refractivity contribution is 0.0701. The predicted molar refractivity (Wildman–Crippen MR) is 72.1 cm³/mol. The van der Waals surface area contributed by atoms with E-state index in [1.807, 2.05) is 0 Å². The maximum Gasteiger partial charge on any atom is 0.0594 e. The molecule has 0 spiro atoms. The lowest BCUT2D eigenvalue weighted by Crippen LogP contribution is -2.45. The SMILES string of the molecule is CC(C)OCCNC1CC2CCC1(C)C2(C)C. The van der Waals surface area contributed by atoms with E-state index in [0.29, 0.717) is 23.0 Å². The maximum absolute atomic E-state index is 5.60. The van der Waals surface area contributed by atoms with Crippen molar-refractivity contribution >= 4 is 0 Å². The van der Waals surface area contributed by atoms with E-state index in [4.69, 9.17) is 4.74 Å². The highest BCUT2D eigenvalue weighted by Gasteiger charge is 2.60. The fourth-order valence-corrected chi connectivity index (χ4v) is 4.04. The predicted octanol–water partition coefficient (Wildman–Crippen LogP) is 3.22. The topological polar surface area (TPSA) is 21.3 Å². The van der Waals surface area contributed by atoms with Crippen LogP contribution in [0.25, 0.3) is 0 Å². The lowest BCUT2D eigenvalue weighted by Gasteiger charge is -2.39. The van der Waals surface area contributed by atoms with E-state index in [9.17, 15) is 0 Å². The van der Waals surface area contributed by atoms with Crippen molar-refractivity contribution in [3.05, 3.63) is 0 Å². The summed E-state index contributed by atoms with van der Waals surface area (Å²) in [6.07, 6.45) is 4.55. The van der Waals surface area contributed by atoms with Gasteiger partial charge in [-0.1, -0.05) is 20.8 Å². The third-order valence-electron chi connectivity index (χ3n) is 5.74. The number of fused-ring (bicyclic) bond motifs is 2. The summed E-state index contributed by atoms with van der Waals surface area (Å²) in [5.41, 5.74) is 1.01. The maximum atomic E-state index is 5.60. The second kappa shape index (κ2) is 4.55. The Bertz CT molecular complexity index is 274. The first kappa shape index (κ1) is 13.4. The summed E-state index contributed by atoms with van der Waals surface area (Å²) in [6, 6.07) is 0.701. The van der Waals surface area contributed by atoms with Gasteiger partial charge in [-0.3, -0.25) is 0 Å². The molecule has 0 saturated heterocycles. The van der Waals surface area contributed by atoms with Crippen LogP contribution in [0, 0.1) is 16.7 Å². The van der Waals surface area contributed by atoms with Gasteiger partial charge in [0.25, 0.3) is 0 Å². The first-order valence-corrected chi connectivity index (χ1v) is 7.23. The molecule has 17 heavy (non-hydrogen) atoms. The highest BCUT2D eigenvalue weighted by atomic mass is 16.5. The van der Waals surface area contributed by atoms with E-state index in [0.717, 1.165) is 19.1 Å². The molecule has 100 valence electrons. The van der Waals surface area contributed by atoms with Crippen molar-refractivity contribution < 1.29 is 4.74 Å². The number of ether oxygens (including phenoxy) is 1. The Morgan fingerprint density at radius 1 is 1.29 bits per heavy atom. The molecule has 0 amide bonds. The van der Waals surface area contributed by atoms with E-state index >= 15 is 0 Å². The van der Waals surface area contributed by atoms with Crippen molar-refractivity contribution in [3.63, 3.8) is 0 Å². The third-order valence-corrected chi connectivity index (χ3v) is 5.74. The quantitative estimate of drug-likeness (QED) is 0.744. The molecule has 3 atom stereocenters. The highest BCUT2D eigenvalue weighted by Crippen LogP contribution is 2.65. The van der Waals surface area contributed by atoms with Crippen molar-refractivity contribution in [3.8, 4) is 0 Å². The van der Waals surface area contributed by atoms with Gasteiger partial charge in [0.15, 0.2) is 0 Å². The minimum atomic E-state index is 0.351. The van der Waals surface area contributed by atoms with Gasteiger partial charge in [0.2, 0.25) is 0 Å². The molecule has 2 bridgehead atoms. The summed E-state index contributed by atoms with van der Waals surface area (Å²) < 4.78 is 5.60. The smallest absolute Gasteiger partial charge is 0.0594 e. The average molecular weight is 239 g/mol. The van der Waals surface area contributed by atoms with Gasteiger partial charge < -0.3 is 10.1 Å². The summed E-state index contributed by atoms with van der Waals surface area (Å²) in [6.45, 7) is 13.5. The molecule has 1 N–H and O–H groups in total. The molecule has 3 unspecified atom stereocenters. The Morgan fingerprint density at radius 3 is 2.47 bits per heavy atom. The number of hydrogen-bond acceptors (Lipinski definition) is 2. The summed E-state index contributed by atoms with van der Waals surface area (Å²) in [4.78, 5) is 0. The molecule has 2 saturated carbocycles. The van der Waals surface area contributed by atoms with Gasteiger partial charge in [0.1, 0.15) is 0 Å². The Balaban J connectivity index is 1.84. The Hall–Kier alpha value is -0.0800. The molecule has 2 rings (SSSR count). The van der Waals surface area contributed by atoms with Crippen LogP contribution in [0.5, 0.6) is 0 Å². The standard InChI is InChI=1S/C15H29NO/c1-11(2)17-9-8-16-13-10-12-6-7-15(13,5)14(12,3)4/h11-13,16H,6-10H2,1-5H3. The Labute approximate surface area is 107 Å². The zero-order valence-electron chi connectivity index (χ0n) is 12.2. The fourth-order valence-electron chi connectivity index (χ4n) is 4.04. The minimum Gasteiger partial charge on any atom is -0.377 e. The van der Waals surface area contributed by atoms with Crippen molar-refractivity contribution in [2.24, 2.45) is 16.7 Å². The van der Waals surface area contributed by atoms with Crippen molar-refractivity contribution in [1.82, 2.24) is 5.32 Å². The first-order chi connectivity index (χ1) is 7.88. The van der Waals surface area contributed by atoms with Gasteiger partial charge >= 0.3 is 0 Å². The summed E-state index contributed by atoms with van der Waals surface area (Å²) in [5, 5.41) is 3.74. The molecule has 0 aromatic heterocycles. The van der Waals surface area contributed by atoms with Gasteiger partial charge in [-0.25, -0.2) is 0 Å². The molecule has 2 aliphatic rings. The summed E-state index contributed by atoms with van der Waals surface area (Å²) >= 11 is 0. The average Bonchev–Trinajstić information content (AvgIpc) is 2.56. The second-order valence-electron chi connectivity index (χ2n) is 7.04. The van der Waals surface area contributed by atoms with Crippen molar-refractivity contribution in [1.29, 1.82) is 0 Å². The normalized spacial score (nSPS) is 39.2. The number of rotatable bonds is 5. The third kappa shape index (κ3) is 2.15. The van der Waals surface area contributed by atoms with Gasteiger partial charge in [-0.15, -0.1) is 0 Å². The number of nitrogens with one attached hydrogen (secondary N) is 1. The fraction of sp³-hybridized carbons (Fsp3) is 1.00. The lowest BCUT2D eigenvalue weighted by atomic mass is 9.69. The zero-order chi connectivity index (χ0) is 12.7. The Kier molecular flexibility index (Phi) is 3.57. The molecular formula is C15H29NO. The van der Waals surface area contributed by atoms with Crippen LogP contribution in [0.2, 0.25) is 0 Å². The van der Waals surface area contributed by atoms with Crippen LogP contribution in [0.15, 0.2) is 0 Å². The summed E-state index contributed by atoms with van der Waals surface area (Å²) in [7, 11) is 0. The molecular weight excluding hydrogens is 210 g/mol. The molecule has 0 aliphatic heterocycles. The van der Waals surface area contributed by atoms with Gasteiger partial charge in [-0.2, -0.15) is 0 Å². The van der Waals surface area contributed by atoms with E-state index in [-0.39, 0.29) is 0 Å². The molecule has 2 nitrogen and oxygen atoms in total. The van der Waals surface area contributed by atoms with Crippen LogP contribution in [0.1, 0.15) is 53.9 Å². The van der Waals surface area contributed by atoms with Crippen LogP contribution < -0.4 is 5.32 Å². The van der Waals surface area contributed by atoms with Crippen LogP contribution >= 0.6 is 0 Å². The molecule has 0 aromatic rings. The van der Waals surface area contributed by atoms with Gasteiger partial charge in [0, 0.05) is 12.6 Å². The number of hydrogen-bond donors (Lipinski definition) is 1. The zero-order valence-corrected chi connectivity index (χ0v) is 12.2. The second-order valence-corrected chi connectivity index (χ2v) is 7.04. The van der Waals surface area contributed by atoms with Crippen molar-refractivity contribution in [2.45, 2.75) is 66.0 Å². The monoisotopic (exact) mass is 239 g/mol. The van der Waals surface area contributed by atoms with Crippen LogP contribution in [0.4, 0.5) is 0 Å². The van der Waals surface area contributed by atoms with Gasteiger partial charge in [0.05, 0.1) is 12.7 Å². The minimum absolute atomic E-state index is 0.351. The molecule has 0 aromatic carbocycles. The van der Waals surface area contributed by atoms with Gasteiger partial charge in [-0.05, 0) is 49.9 Å². The van der Waals surface area contributed by atoms with Crippen LogP contribution in [0.3, 0.4) is 0 Å². The highest BCUT2D eigenvalue weighted by molar-refractivity contribution is 5.12. The van der Waals surface area contributed by atoms with Crippen LogP contribution in [-0.4, -0.2) is 25.3 Å². The molecule has 2 aliphatic carbocycles. The largest absolute Gasteiger partial charge is 0.377 e. The molecule has 2 heteroatoms. The molecule has 0 radical (unpaired) electrons. The molecule has 2 fully saturated rings. The van der Waals surface area contributed by atoms with Crippen molar-refractivity contribution in [2.75, 3.05) is 13.2 Å². The summed E-state index contributed by atoms with van der Waals surface area (Å²) in [5.74, 6) is 0.927. The van der Waals surface area contributed by atoms with E-state index in [1.54, 1.807) is 0 Å². The Morgan fingerprint density at radius 2 is 2.00 bits per heavy atom. The van der Waals surface area contributed by atoms with Crippen LogP contribution in [-0.2, 0) is 4.74 Å².